The third-order valence-corrected chi connectivity index (χ3v) is 6.76. The lowest BCUT2D eigenvalue weighted by Crippen LogP contribution is -2.51. The smallest absolute Gasteiger partial charge is 0.270 e. The predicted octanol–water partition coefficient (Wildman–Crippen LogP) is 2.37. The van der Waals surface area contributed by atoms with Gasteiger partial charge < -0.3 is 15.2 Å². The molecule has 36 heavy (non-hydrogen) atoms. The number of aromatic nitrogens is 2. The zero-order chi connectivity index (χ0) is 25.2. The van der Waals surface area contributed by atoms with Crippen molar-refractivity contribution in [3.8, 4) is 11.4 Å². The number of anilines is 1. The third kappa shape index (κ3) is 4.72. The van der Waals surface area contributed by atoms with Crippen molar-refractivity contribution in [2.24, 2.45) is 10.8 Å². The van der Waals surface area contributed by atoms with Crippen LogP contribution in [-0.4, -0.2) is 69.7 Å². The van der Waals surface area contributed by atoms with E-state index in [9.17, 15) is 9.59 Å². The quantitative estimate of drug-likeness (QED) is 0.567. The van der Waals surface area contributed by atoms with Crippen molar-refractivity contribution in [3.63, 3.8) is 0 Å². The molecule has 186 valence electrons. The molecule has 3 heterocycles. The average molecular weight is 488 g/mol. The van der Waals surface area contributed by atoms with Gasteiger partial charge in [-0.15, -0.1) is 0 Å². The SMILES string of the molecule is Cc1ccc(-c2noc(C(C)N3CCN(C(=O)C4=NN(c5ccccc5)C(C(N)=O)C4)CC3)n2)cc1. The highest BCUT2D eigenvalue weighted by Crippen LogP contribution is 2.27. The molecule has 0 saturated carbocycles. The van der Waals surface area contributed by atoms with Gasteiger partial charge >= 0.3 is 0 Å². The topological polar surface area (TPSA) is 121 Å². The number of amides is 2. The summed E-state index contributed by atoms with van der Waals surface area (Å²) < 4.78 is 5.56. The number of benzene rings is 2. The van der Waals surface area contributed by atoms with Crippen molar-refractivity contribution >= 4 is 23.2 Å². The van der Waals surface area contributed by atoms with Gasteiger partial charge in [0.05, 0.1) is 11.7 Å². The van der Waals surface area contributed by atoms with Crippen LogP contribution in [0.15, 0.2) is 64.2 Å². The number of para-hydroxylation sites is 1. The zero-order valence-corrected chi connectivity index (χ0v) is 20.4. The molecule has 10 nitrogen and oxygen atoms in total. The van der Waals surface area contributed by atoms with Crippen LogP contribution < -0.4 is 10.7 Å². The highest BCUT2D eigenvalue weighted by Gasteiger charge is 2.37. The first-order valence-corrected chi connectivity index (χ1v) is 12.1. The standard InChI is InChI=1S/C26H29N7O3/c1-17-8-10-19(11-9-17)24-28-25(36-30-24)18(2)31-12-14-32(15-13-31)26(35)21-16-22(23(27)34)33(29-21)20-6-4-3-5-7-20/h3-11,18,22H,12-16H2,1-2H3,(H2,27,34). The number of hydrogen-bond acceptors (Lipinski definition) is 8. The van der Waals surface area contributed by atoms with E-state index in [2.05, 4.69) is 20.1 Å². The molecule has 2 aliphatic heterocycles. The van der Waals surface area contributed by atoms with E-state index in [0.717, 1.165) is 11.3 Å². The Morgan fingerprint density at radius 1 is 1.03 bits per heavy atom. The van der Waals surface area contributed by atoms with E-state index in [4.69, 9.17) is 10.3 Å². The highest BCUT2D eigenvalue weighted by molar-refractivity contribution is 6.40. The molecule has 1 saturated heterocycles. The number of carbonyl (C=O) groups is 2. The molecule has 0 radical (unpaired) electrons. The number of primary amides is 1. The van der Waals surface area contributed by atoms with Gasteiger partial charge in [-0.05, 0) is 26.0 Å². The second kappa shape index (κ2) is 9.90. The molecular weight excluding hydrogens is 458 g/mol. The summed E-state index contributed by atoms with van der Waals surface area (Å²) in [4.78, 5) is 33.9. The number of carbonyl (C=O) groups excluding carboxylic acids is 2. The maximum Gasteiger partial charge on any atom is 0.270 e. The van der Waals surface area contributed by atoms with Gasteiger partial charge in [-0.1, -0.05) is 53.2 Å². The van der Waals surface area contributed by atoms with E-state index in [-0.39, 0.29) is 18.4 Å². The van der Waals surface area contributed by atoms with Gasteiger partial charge in [-0.2, -0.15) is 10.1 Å². The molecule has 0 bridgehead atoms. The van der Waals surface area contributed by atoms with Crippen molar-refractivity contribution in [2.75, 3.05) is 31.2 Å². The first-order valence-electron chi connectivity index (χ1n) is 12.1. The largest absolute Gasteiger partial charge is 0.368 e. The summed E-state index contributed by atoms with van der Waals surface area (Å²) in [6, 6.07) is 16.5. The first kappa shape index (κ1) is 23.7. The monoisotopic (exact) mass is 487 g/mol. The van der Waals surface area contributed by atoms with E-state index in [0.29, 0.717) is 43.6 Å². The number of piperazine rings is 1. The van der Waals surface area contributed by atoms with Crippen molar-refractivity contribution in [1.82, 2.24) is 19.9 Å². The van der Waals surface area contributed by atoms with Gasteiger partial charge in [0, 0.05) is 38.2 Å². The molecule has 1 aromatic heterocycles. The molecule has 2 atom stereocenters. The normalized spacial score (nSPS) is 19.3. The first-order chi connectivity index (χ1) is 17.4. The Balaban J connectivity index is 1.22. The summed E-state index contributed by atoms with van der Waals surface area (Å²) >= 11 is 0. The number of nitrogens with two attached hydrogens (primary N) is 1. The molecule has 1 fully saturated rings. The summed E-state index contributed by atoms with van der Waals surface area (Å²) in [7, 11) is 0. The molecule has 3 aromatic rings. The van der Waals surface area contributed by atoms with E-state index in [1.54, 1.807) is 9.91 Å². The number of nitrogens with zero attached hydrogens (tertiary/aromatic N) is 6. The maximum atomic E-state index is 13.2. The summed E-state index contributed by atoms with van der Waals surface area (Å²) in [5, 5.41) is 10.2. The number of hydrogen-bond donors (Lipinski definition) is 1. The van der Waals surface area contributed by atoms with Gasteiger partial charge in [0.1, 0.15) is 11.8 Å². The Kier molecular flexibility index (Phi) is 6.51. The molecule has 0 aliphatic carbocycles. The Bertz CT molecular complexity index is 1260. The molecule has 10 heteroatoms. The van der Waals surface area contributed by atoms with Crippen LogP contribution in [-0.2, 0) is 9.59 Å². The number of rotatable bonds is 6. The van der Waals surface area contributed by atoms with Crippen LogP contribution >= 0.6 is 0 Å². The van der Waals surface area contributed by atoms with E-state index in [1.165, 1.54) is 5.56 Å². The van der Waals surface area contributed by atoms with Crippen molar-refractivity contribution in [1.29, 1.82) is 0 Å². The summed E-state index contributed by atoms with van der Waals surface area (Å²) in [6.45, 7) is 6.45. The lowest BCUT2D eigenvalue weighted by Gasteiger charge is -2.36. The fourth-order valence-electron chi connectivity index (χ4n) is 4.56. The summed E-state index contributed by atoms with van der Waals surface area (Å²) in [5.41, 5.74) is 8.78. The fourth-order valence-corrected chi connectivity index (χ4v) is 4.56. The molecule has 2 aliphatic rings. The molecule has 2 N–H and O–H groups in total. The second-order valence-electron chi connectivity index (χ2n) is 9.18. The van der Waals surface area contributed by atoms with Crippen LogP contribution in [0.2, 0.25) is 0 Å². The van der Waals surface area contributed by atoms with Gasteiger partial charge in [0.15, 0.2) is 0 Å². The minimum absolute atomic E-state index is 0.0782. The van der Waals surface area contributed by atoms with Gasteiger partial charge in [0.25, 0.3) is 5.91 Å². The Hall–Kier alpha value is -4.05. The Labute approximate surface area is 209 Å². The predicted molar refractivity (Wildman–Crippen MR) is 135 cm³/mol. The van der Waals surface area contributed by atoms with E-state index in [1.807, 2.05) is 68.4 Å². The van der Waals surface area contributed by atoms with Crippen LogP contribution in [0.5, 0.6) is 0 Å². The maximum absolute atomic E-state index is 13.2. The zero-order valence-electron chi connectivity index (χ0n) is 20.4. The molecule has 2 unspecified atom stereocenters. The van der Waals surface area contributed by atoms with Gasteiger partial charge in [-0.25, -0.2) is 0 Å². The average Bonchev–Trinajstić information content (AvgIpc) is 3.57. The van der Waals surface area contributed by atoms with Crippen LogP contribution in [0.25, 0.3) is 11.4 Å². The molecule has 2 aromatic carbocycles. The van der Waals surface area contributed by atoms with E-state index < -0.39 is 11.9 Å². The van der Waals surface area contributed by atoms with Gasteiger partial charge in [0.2, 0.25) is 17.6 Å². The molecule has 5 rings (SSSR count). The Morgan fingerprint density at radius 3 is 2.39 bits per heavy atom. The molecule has 0 spiro atoms. The van der Waals surface area contributed by atoms with E-state index >= 15 is 0 Å². The fraction of sp³-hybridized carbons (Fsp3) is 0.346. The lowest BCUT2D eigenvalue weighted by molar-refractivity contribution is -0.126. The minimum atomic E-state index is -0.673. The minimum Gasteiger partial charge on any atom is -0.368 e. The van der Waals surface area contributed by atoms with Crippen LogP contribution in [0.1, 0.15) is 30.8 Å². The summed E-state index contributed by atoms with van der Waals surface area (Å²) in [5.74, 6) is 0.449. The van der Waals surface area contributed by atoms with Crippen molar-refractivity contribution in [2.45, 2.75) is 32.4 Å². The van der Waals surface area contributed by atoms with Crippen LogP contribution in [0.4, 0.5) is 5.69 Å². The lowest BCUT2D eigenvalue weighted by atomic mass is 10.1. The highest BCUT2D eigenvalue weighted by atomic mass is 16.5. The van der Waals surface area contributed by atoms with Crippen LogP contribution in [0, 0.1) is 6.92 Å². The molecule has 2 amide bonds. The Morgan fingerprint density at radius 2 is 1.72 bits per heavy atom. The number of hydrazone groups is 1. The molecular formula is C26H29N7O3. The van der Waals surface area contributed by atoms with Crippen LogP contribution in [0.3, 0.4) is 0 Å². The van der Waals surface area contributed by atoms with Crippen molar-refractivity contribution in [3.05, 3.63) is 66.1 Å². The summed E-state index contributed by atoms with van der Waals surface area (Å²) in [6.07, 6.45) is 0.198. The van der Waals surface area contributed by atoms with Gasteiger partial charge in [-0.3, -0.25) is 19.5 Å². The third-order valence-electron chi connectivity index (χ3n) is 6.76. The number of aryl methyl sites for hydroxylation is 1. The second-order valence-corrected chi connectivity index (χ2v) is 9.18. The van der Waals surface area contributed by atoms with Crippen molar-refractivity contribution < 1.29 is 14.1 Å².